The van der Waals surface area contributed by atoms with Crippen molar-refractivity contribution < 1.29 is 5.11 Å². The maximum atomic E-state index is 10.5. The zero-order valence-electron chi connectivity index (χ0n) is 13.2. The second kappa shape index (κ2) is 7.83. The summed E-state index contributed by atoms with van der Waals surface area (Å²) in [6.45, 7) is 4.41. The van der Waals surface area contributed by atoms with Gasteiger partial charge in [-0.2, -0.15) is 0 Å². The highest BCUT2D eigenvalue weighted by Crippen LogP contribution is 2.31. The van der Waals surface area contributed by atoms with Gasteiger partial charge in [0.2, 0.25) is 0 Å². The van der Waals surface area contributed by atoms with Crippen LogP contribution in [0.25, 0.3) is 0 Å². The fourth-order valence-corrected chi connectivity index (χ4v) is 3.58. The first-order chi connectivity index (χ1) is 9.74. The van der Waals surface area contributed by atoms with Crippen molar-refractivity contribution in [1.29, 1.82) is 0 Å². The van der Waals surface area contributed by atoms with E-state index in [0.29, 0.717) is 0 Å². The molecule has 20 heavy (non-hydrogen) atoms. The van der Waals surface area contributed by atoms with Crippen molar-refractivity contribution in [1.82, 2.24) is 0 Å². The number of benzene rings is 1. The molecule has 2 rings (SSSR count). The van der Waals surface area contributed by atoms with E-state index < -0.39 is 0 Å². The molecule has 0 aliphatic heterocycles. The Morgan fingerprint density at radius 1 is 1.00 bits per heavy atom. The van der Waals surface area contributed by atoms with Crippen LogP contribution in [0, 0.1) is 5.92 Å². The van der Waals surface area contributed by atoms with E-state index in [9.17, 15) is 5.11 Å². The average molecular weight is 274 g/mol. The predicted molar refractivity (Wildman–Crippen MR) is 86.0 cm³/mol. The normalized spacial score (nSPS) is 18.8. The monoisotopic (exact) mass is 274 g/mol. The average Bonchev–Trinajstić information content (AvgIpc) is 2.75. The van der Waals surface area contributed by atoms with Gasteiger partial charge in [0.1, 0.15) is 0 Å². The summed E-state index contributed by atoms with van der Waals surface area (Å²) >= 11 is 0. The van der Waals surface area contributed by atoms with E-state index in [1.165, 1.54) is 49.7 Å². The summed E-state index contributed by atoms with van der Waals surface area (Å²) < 4.78 is 0. The second-order valence-electron chi connectivity index (χ2n) is 6.34. The molecular formula is C19H30O. The fraction of sp³-hybridized carbons (Fsp3) is 0.684. The zero-order chi connectivity index (χ0) is 14.4. The molecule has 1 atom stereocenters. The molecule has 1 N–H and O–H groups in total. The molecule has 1 aromatic carbocycles. The number of aliphatic hydroxyl groups is 1. The Morgan fingerprint density at radius 2 is 1.65 bits per heavy atom. The number of rotatable bonds is 5. The maximum absolute atomic E-state index is 10.5. The largest absolute Gasteiger partial charge is 0.388 e. The smallest absolute Gasteiger partial charge is 0.0792 e. The summed E-state index contributed by atoms with van der Waals surface area (Å²) in [5.74, 6) is 0.725. The van der Waals surface area contributed by atoms with Crippen molar-refractivity contribution in [2.24, 2.45) is 5.92 Å². The lowest BCUT2D eigenvalue weighted by molar-refractivity contribution is 0.139. The SMILES string of the molecule is CCc1ccc(C(O)CC2CCCCCC2)cc1CC. The molecule has 1 fully saturated rings. The molecular weight excluding hydrogens is 244 g/mol. The van der Waals surface area contributed by atoms with Gasteiger partial charge in [0.05, 0.1) is 6.10 Å². The molecule has 1 aliphatic carbocycles. The summed E-state index contributed by atoms with van der Waals surface area (Å²) in [5.41, 5.74) is 3.96. The molecule has 1 unspecified atom stereocenters. The zero-order valence-corrected chi connectivity index (χ0v) is 13.2. The lowest BCUT2D eigenvalue weighted by atomic mass is 9.89. The first-order valence-corrected chi connectivity index (χ1v) is 8.54. The molecule has 0 amide bonds. The van der Waals surface area contributed by atoms with Crippen LogP contribution in [0.4, 0.5) is 0 Å². The van der Waals surface area contributed by atoms with E-state index in [2.05, 4.69) is 32.0 Å². The minimum absolute atomic E-state index is 0.269. The number of hydrogen-bond acceptors (Lipinski definition) is 1. The van der Waals surface area contributed by atoms with E-state index in [0.717, 1.165) is 30.7 Å². The van der Waals surface area contributed by atoms with E-state index in [1.54, 1.807) is 0 Å². The lowest BCUT2D eigenvalue weighted by Crippen LogP contribution is -2.08. The molecule has 1 heteroatoms. The maximum Gasteiger partial charge on any atom is 0.0792 e. The van der Waals surface area contributed by atoms with Gasteiger partial charge in [0.15, 0.2) is 0 Å². The molecule has 0 saturated heterocycles. The Kier molecular flexibility index (Phi) is 6.09. The Hall–Kier alpha value is -0.820. The summed E-state index contributed by atoms with van der Waals surface area (Å²) in [4.78, 5) is 0. The third-order valence-electron chi connectivity index (χ3n) is 4.91. The van der Waals surface area contributed by atoms with E-state index in [1.807, 2.05) is 0 Å². The molecule has 1 aromatic rings. The van der Waals surface area contributed by atoms with Crippen LogP contribution in [0.2, 0.25) is 0 Å². The van der Waals surface area contributed by atoms with Gasteiger partial charge in [-0.25, -0.2) is 0 Å². The van der Waals surface area contributed by atoms with Gasteiger partial charge in [0, 0.05) is 0 Å². The van der Waals surface area contributed by atoms with E-state index >= 15 is 0 Å². The Morgan fingerprint density at radius 3 is 2.25 bits per heavy atom. The summed E-state index contributed by atoms with van der Waals surface area (Å²) in [6, 6.07) is 6.59. The predicted octanol–water partition coefficient (Wildman–Crippen LogP) is 5.21. The van der Waals surface area contributed by atoms with Crippen molar-refractivity contribution in [3.63, 3.8) is 0 Å². The number of hydrogen-bond donors (Lipinski definition) is 1. The molecule has 0 spiro atoms. The molecule has 1 nitrogen and oxygen atoms in total. The van der Waals surface area contributed by atoms with Crippen LogP contribution >= 0.6 is 0 Å². The third kappa shape index (κ3) is 4.09. The van der Waals surface area contributed by atoms with Crippen LogP contribution in [0.15, 0.2) is 18.2 Å². The number of aryl methyl sites for hydroxylation is 2. The van der Waals surface area contributed by atoms with Gasteiger partial charge in [-0.15, -0.1) is 0 Å². The van der Waals surface area contributed by atoms with Crippen molar-refractivity contribution in [2.45, 2.75) is 77.7 Å². The molecule has 1 aliphatic rings. The van der Waals surface area contributed by atoms with Crippen LogP contribution in [-0.2, 0) is 12.8 Å². The number of aliphatic hydroxyl groups excluding tert-OH is 1. The second-order valence-corrected chi connectivity index (χ2v) is 6.34. The van der Waals surface area contributed by atoms with Gasteiger partial charge < -0.3 is 5.11 Å². The highest BCUT2D eigenvalue weighted by Gasteiger charge is 2.18. The van der Waals surface area contributed by atoms with E-state index in [4.69, 9.17) is 0 Å². The fourth-order valence-electron chi connectivity index (χ4n) is 3.58. The van der Waals surface area contributed by atoms with Gasteiger partial charge in [0.25, 0.3) is 0 Å². The highest BCUT2D eigenvalue weighted by atomic mass is 16.3. The van der Waals surface area contributed by atoms with Crippen molar-refractivity contribution >= 4 is 0 Å². The summed E-state index contributed by atoms with van der Waals surface area (Å²) in [6.07, 6.45) is 10.9. The minimum atomic E-state index is -0.269. The molecule has 0 radical (unpaired) electrons. The van der Waals surface area contributed by atoms with Crippen LogP contribution < -0.4 is 0 Å². The molecule has 112 valence electrons. The van der Waals surface area contributed by atoms with Crippen LogP contribution in [0.5, 0.6) is 0 Å². The third-order valence-corrected chi connectivity index (χ3v) is 4.91. The summed E-state index contributed by atoms with van der Waals surface area (Å²) in [7, 11) is 0. The van der Waals surface area contributed by atoms with Crippen LogP contribution in [-0.4, -0.2) is 5.11 Å². The van der Waals surface area contributed by atoms with Crippen molar-refractivity contribution in [3.8, 4) is 0 Å². The van der Waals surface area contributed by atoms with Gasteiger partial charge in [-0.1, -0.05) is 70.6 Å². The molecule has 0 bridgehead atoms. The Balaban J connectivity index is 2.02. The van der Waals surface area contributed by atoms with Crippen molar-refractivity contribution in [3.05, 3.63) is 34.9 Å². The Labute approximate surface area is 124 Å². The standard InChI is InChI=1S/C19H30O/c1-3-16-11-12-18(14-17(16)4-2)19(20)13-15-9-7-5-6-8-10-15/h11-12,14-15,19-20H,3-10,13H2,1-2H3. The van der Waals surface area contributed by atoms with Crippen molar-refractivity contribution in [2.75, 3.05) is 0 Å². The Bertz CT molecular complexity index is 402. The van der Waals surface area contributed by atoms with Crippen LogP contribution in [0.3, 0.4) is 0 Å². The highest BCUT2D eigenvalue weighted by molar-refractivity contribution is 5.33. The van der Waals surface area contributed by atoms with E-state index in [-0.39, 0.29) is 6.10 Å². The van der Waals surface area contributed by atoms with Crippen LogP contribution in [0.1, 0.15) is 81.6 Å². The first-order valence-electron chi connectivity index (χ1n) is 8.54. The topological polar surface area (TPSA) is 20.2 Å². The molecule has 0 heterocycles. The molecule has 1 saturated carbocycles. The minimum Gasteiger partial charge on any atom is -0.388 e. The lowest BCUT2D eigenvalue weighted by Gasteiger charge is -2.20. The first kappa shape index (κ1) is 15.6. The quantitative estimate of drug-likeness (QED) is 0.731. The van der Waals surface area contributed by atoms with Gasteiger partial charge >= 0.3 is 0 Å². The van der Waals surface area contributed by atoms with Gasteiger partial charge in [-0.05, 0) is 41.9 Å². The molecule has 0 aromatic heterocycles. The van der Waals surface area contributed by atoms with Gasteiger partial charge in [-0.3, -0.25) is 0 Å². The summed E-state index contributed by atoms with van der Waals surface area (Å²) in [5, 5.41) is 10.5.